The molecule has 2 rings (SSSR count). The molecule has 0 spiro atoms. The number of hydrogen-bond acceptors (Lipinski definition) is 4. The summed E-state index contributed by atoms with van der Waals surface area (Å²) in [5, 5.41) is 5.94. The first-order valence-corrected chi connectivity index (χ1v) is 5.66. The lowest BCUT2D eigenvalue weighted by Crippen LogP contribution is -2.04. The average molecular weight is 218 g/mol. The summed E-state index contributed by atoms with van der Waals surface area (Å²) in [6, 6.07) is 4.84. The van der Waals surface area contributed by atoms with Gasteiger partial charge >= 0.3 is 0 Å². The molecule has 4 heteroatoms. The second-order valence-corrected chi connectivity index (χ2v) is 4.26. The maximum atomic E-state index is 10.7. The van der Waals surface area contributed by atoms with Gasteiger partial charge in [-0.25, -0.2) is 0 Å². The molecule has 1 aliphatic rings. The summed E-state index contributed by atoms with van der Waals surface area (Å²) < 4.78 is 0. The largest absolute Gasteiger partial charge is 0.145 e. The summed E-state index contributed by atoms with van der Waals surface area (Å²) in [4.78, 5) is 21.2. The number of rotatable bonds is 3. The molecular weight excluding hydrogens is 204 g/mol. The molecule has 1 aliphatic carbocycles. The Bertz CT molecular complexity index is 398. The standard InChI is InChI=1S/C12H14N2O2/c15-13-10-6-7-12(14-16)11(8-10)9-4-2-1-3-5-9/h6-9H,1-5H2. The molecule has 0 amide bonds. The molecule has 16 heavy (non-hydrogen) atoms. The van der Waals surface area contributed by atoms with E-state index < -0.39 is 0 Å². The highest BCUT2D eigenvalue weighted by Crippen LogP contribution is 2.39. The lowest BCUT2D eigenvalue weighted by Gasteiger charge is -2.22. The first-order valence-electron chi connectivity index (χ1n) is 5.66. The summed E-state index contributed by atoms with van der Waals surface area (Å²) in [7, 11) is 0. The first kappa shape index (κ1) is 10.9. The van der Waals surface area contributed by atoms with E-state index in [-0.39, 0.29) is 0 Å². The Morgan fingerprint density at radius 2 is 1.75 bits per heavy atom. The highest BCUT2D eigenvalue weighted by molar-refractivity contribution is 5.55. The van der Waals surface area contributed by atoms with Crippen molar-refractivity contribution in [2.75, 3.05) is 0 Å². The van der Waals surface area contributed by atoms with Crippen molar-refractivity contribution < 1.29 is 0 Å². The molecule has 0 unspecified atom stereocenters. The minimum absolute atomic E-state index is 0.364. The van der Waals surface area contributed by atoms with E-state index in [2.05, 4.69) is 10.4 Å². The zero-order valence-electron chi connectivity index (χ0n) is 9.06. The molecule has 0 N–H and O–H groups in total. The quantitative estimate of drug-likeness (QED) is 0.699. The molecule has 0 heterocycles. The summed E-state index contributed by atoms with van der Waals surface area (Å²) in [6.45, 7) is 0. The second kappa shape index (κ2) is 4.96. The second-order valence-electron chi connectivity index (χ2n) is 4.26. The smallest absolute Gasteiger partial charge is 0.111 e. The fraction of sp³-hybridized carbons (Fsp3) is 0.500. The van der Waals surface area contributed by atoms with Gasteiger partial charge in [-0.2, -0.15) is 0 Å². The van der Waals surface area contributed by atoms with Crippen molar-refractivity contribution in [3.05, 3.63) is 33.6 Å². The minimum Gasteiger partial charge on any atom is -0.145 e. The number of nitrogens with zero attached hydrogens (tertiary/aromatic N) is 2. The third-order valence-electron chi connectivity index (χ3n) is 3.26. The van der Waals surface area contributed by atoms with Gasteiger partial charge < -0.3 is 0 Å². The van der Waals surface area contributed by atoms with Gasteiger partial charge in [-0.15, -0.1) is 9.81 Å². The predicted octanol–water partition coefficient (Wildman–Crippen LogP) is 4.53. The van der Waals surface area contributed by atoms with Crippen LogP contribution in [0.1, 0.15) is 43.6 Å². The molecule has 1 aromatic carbocycles. The van der Waals surface area contributed by atoms with Gasteiger partial charge in [0, 0.05) is 0 Å². The van der Waals surface area contributed by atoms with E-state index in [1.54, 1.807) is 12.1 Å². The van der Waals surface area contributed by atoms with Crippen LogP contribution in [0.5, 0.6) is 0 Å². The third-order valence-corrected chi connectivity index (χ3v) is 3.26. The van der Waals surface area contributed by atoms with Gasteiger partial charge in [0.05, 0.1) is 0 Å². The molecule has 0 radical (unpaired) electrons. The Morgan fingerprint density at radius 3 is 2.38 bits per heavy atom. The molecule has 0 saturated heterocycles. The fourth-order valence-corrected chi connectivity index (χ4v) is 2.42. The SMILES string of the molecule is O=Nc1ccc(N=O)c(C2CCCCC2)c1. The molecule has 4 nitrogen and oxygen atoms in total. The van der Waals surface area contributed by atoms with Gasteiger partial charge in [0.1, 0.15) is 11.4 Å². The van der Waals surface area contributed by atoms with E-state index in [9.17, 15) is 9.81 Å². The van der Waals surface area contributed by atoms with Gasteiger partial charge in [-0.1, -0.05) is 19.3 Å². The van der Waals surface area contributed by atoms with Crippen LogP contribution in [0.25, 0.3) is 0 Å². The van der Waals surface area contributed by atoms with E-state index in [0.29, 0.717) is 17.3 Å². The molecule has 0 aromatic heterocycles. The van der Waals surface area contributed by atoms with Crippen LogP contribution in [0.15, 0.2) is 28.6 Å². The van der Waals surface area contributed by atoms with Crippen molar-refractivity contribution in [2.45, 2.75) is 38.0 Å². The van der Waals surface area contributed by atoms with Crippen molar-refractivity contribution in [3.8, 4) is 0 Å². The topological polar surface area (TPSA) is 58.9 Å². The van der Waals surface area contributed by atoms with Crippen LogP contribution < -0.4 is 0 Å². The normalized spacial score (nSPS) is 17.0. The Hall–Kier alpha value is -1.58. The van der Waals surface area contributed by atoms with Crippen LogP contribution in [0.3, 0.4) is 0 Å². The van der Waals surface area contributed by atoms with Crippen molar-refractivity contribution >= 4 is 11.4 Å². The lowest BCUT2D eigenvalue weighted by molar-refractivity contribution is 0.444. The van der Waals surface area contributed by atoms with E-state index in [1.807, 2.05) is 0 Å². The van der Waals surface area contributed by atoms with Gasteiger partial charge in [-0.05, 0) is 52.9 Å². The molecule has 0 aliphatic heterocycles. The maximum Gasteiger partial charge on any atom is 0.111 e. The van der Waals surface area contributed by atoms with Crippen molar-refractivity contribution in [1.29, 1.82) is 0 Å². The Balaban J connectivity index is 2.34. The van der Waals surface area contributed by atoms with Crippen LogP contribution >= 0.6 is 0 Å². The molecular formula is C12H14N2O2. The minimum atomic E-state index is 0.364. The zero-order valence-corrected chi connectivity index (χ0v) is 9.06. The summed E-state index contributed by atoms with van der Waals surface area (Å²) >= 11 is 0. The fourth-order valence-electron chi connectivity index (χ4n) is 2.42. The number of hydrogen-bond donors (Lipinski definition) is 0. The monoisotopic (exact) mass is 218 g/mol. The maximum absolute atomic E-state index is 10.7. The highest BCUT2D eigenvalue weighted by atomic mass is 16.3. The van der Waals surface area contributed by atoms with Crippen molar-refractivity contribution in [3.63, 3.8) is 0 Å². The van der Waals surface area contributed by atoms with Gasteiger partial charge in [0.25, 0.3) is 0 Å². The van der Waals surface area contributed by atoms with Crippen LogP contribution in [-0.2, 0) is 0 Å². The molecule has 1 saturated carbocycles. The Morgan fingerprint density at radius 1 is 1.00 bits per heavy atom. The van der Waals surface area contributed by atoms with E-state index in [0.717, 1.165) is 18.4 Å². The molecule has 1 aromatic rings. The summed E-state index contributed by atoms with van der Waals surface area (Å²) in [6.07, 6.45) is 5.77. The zero-order chi connectivity index (χ0) is 11.4. The number of benzene rings is 1. The van der Waals surface area contributed by atoms with Gasteiger partial charge in [0.2, 0.25) is 0 Å². The van der Waals surface area contributed by atoms with Crippen molar-refractivity contribution in [1.82, 2.24) is 0 Å². The highest BCUT2D eigenvalue weighted by Gasteiger charge is 2.19. The molecule has 84 valence electrons. The average Bonchev–Trinajstić information content (AvgIpc) is 2.39. The number of nitroso groups, excluding NO2 is 2. The third kappa shape index (κ3) is 2.15. The summed E-state index contributed by atoms with van der Waals surface area (Å²) in [5.41, 5.74) is 1.74. The first-order chi connectivity index (χ1) is 7.85. The van der Waals surface area contributed by atoms with Crippen LogP contribution in [0.2, 0.25) is 0 Å². The predicted molar refractivity (Wildman–Crippen MR) is 63.2 cm³/mol. The summed E-state index contributed by atoms with van der Waals surface area (Å²) in [5.74, 6) is 0.364. The molecule has 1 fully saturated rings. The Labute approximate surface area is 94.0 Å². The van der Waals surface area contributed by atoms with E-state index >= 15 is 0 Å². The molecule has 0 bridgehead atoms. The van der Waals surface area contributed by atoms with Crippen molar-refractivity contribution in [2.24, 2.45) is 10.4 Å². The van der Waals surface area contributed by atoms with Crippen LogP contribution in [0, 0.1) is 9.81 Å². The van der Waals surface area contributed by atoms with E-state index in [4.69, 9.17) is 0 Å². The molecule has 0 atom stereocenters. The van der Waals surface area contributed by atoms with Gasteiger partial charge in [0.15, 0.2) is 0 Å². The Kier molecular flexibility index (Phi) is 3.39. The van der Waals surface area contributed by atoms with Gasteiger partial charge in [-0.3, -0.25) is 0 Å². The van der Waals surface area contributed by atoms with E-state index in [1.165, 1.54) is 25.3 Å². The lowest BCUT2D eigenvalue weighted by atomic mass is 9.83. The van der Waals surface area contributed by atoms with Crippen LogP contribution in [-0.4, -0.2) is 0 Å². The van der Waals surface area contributed by atoms with Crippen LogP contribution in [0.4, 0.5) is 11.4 Å².